The standard InChI is InChI=1S/C18H16FN3O2S/c1-11(23)14-6-7-15(25-14)18(24)21-16(17-20-8-9-22(17)2)12-4-3-5-13(19)10-12/h3-10,16H,1-2H3,(H,21,24)/t16-/m0/s1. The van der Waals surface area contributed by atoms with Crippen LogP contribution >= 0.6 is 11.3 Å². The maximum absolute atomic E-state index is 13.6. The Labute approximate surface area is 148 Å². The molecule has 0 aliphatic heterocycles. The largest absolute Gasteiger partial charge is 0.337 e. The maximum atomic E-state index is 13.6. The molecule has 0 saturated carbocycles. The number of Topliss-reactive ketones (excluding diaryl/α,β-unsaturated/α-hetero) is 1. The zero-order chi connectivity index (χ0) is 18.0. The summed E-state index contributed by atoms with van der Waals surface area (Å²) in [6.07, 6.45) is 3.37. The minimum atomic E-state index is -0.605. The van der Waals surface area contributed by atoms with E-state index in [2.05, 4.69) is 10.3 Å². The predicted molar refractivity (Wildman–Crippen MR) is 93.2 cm³/mol. The lowest BCUT2D eigenvalue weighted by atomic mass is 10.1. The summed E-state index contributed by atoms with van der Waals surface area (Å²) in [5.41, 5.74) is 0.589. The van der Waals surface area contributed by atoms with Gasteiger partial charge in [-0.3, -0.25) is 9.59 Å². The lowest BCUT2D eigenvalue weighted by Crippen LogP contribution is -2.30. The van der Waals surface area contributed by atoms with Gasteiger partial charge in [0, 0.05) is 19.4 Å². The van der Waals surface area contributed by atoms with Crippen molar-refractivity contribution >= 4 is 23.0 Å². The normalized spacial score (nSPS) is 12.0. The number of rotatable bonds is 5. The number of nitrogens with one attached hydrogen (secondary N) is 1. The Bertz CT molecular complexity index is 932. The summed E-state index contributed by atoms with van der Waals surface area (Å²) in [5.74, 6) is -0.229. The van der Waals surface area contributed by atoms with E-state index in [0.717, 1.165) is 11.3 Å². The molecule has 0 unspecified atom stereocenters. The Balaban J connectivity index is 1.93. The number of nitrogens with zero attached hydrogens (tertiary/aromatic N) is 2. The van der Waals surface area contributed by atoms with Crippen molar-refractivity contribution < 1.29 is 14.0 Å². The summed E-state index contributed by atoms with van der Waals surface area (Å²) in [6.45, 7) is 1.46. The van der Waals surface area contributed by atoms with Crippen molar-refractivity contribution in [3.05, 3.63) is 75.8 Å². The van der Waals surface area contributed by atoms with E-state index in [0.29, 0.717) is 21.1 Å². The van der Waals surface area contributed by atoms with Crippen LogP contribution < -0.4 is 5.32 Å². The topological polar surface area (TPSA) is 64.0 Å². The van der Waals surface area contributed by atoms with Crippen LogP contribution in [0.2, 0.25) is 0 Å². The first-order valence-corrected chi connectivity index (χ1v) is 8.41. The van der Waals surface area contributed by atoms with E-state index in [1.54, 1.807) is 48.3 Å². The fraction of sp³-hybridized carbons (Fsp3) is 0.167. The van der Waals surface area contributed by atoms with Crippen molar-refractivity contribution in [1.82, 2.24) is 14.9 Å². The van der Waals surface area contributed by atoms with Gasteiger partial charge in [-0.2, -0.15) is 0 Å². The molecule has 0 fully saturated rings. The maximum Gasteiger partial charge on any atom is 0.262 e. The zero-order valence-corrected chi connectivity index (χ0v) is 14.5. The predicted octanol–water partition coefficient (Wildman–Crippen LogP) is 3.34. The molecule has 0 saturated heterocycles. The third-order valence-electron chi connectivity index (χ3n) is 3.75. The van der Waals surface area contributed by atoms with E-state index in [1.807, 2.05) is 0 Å². The third-order valence-corrected chi connectivity index (χ3v) is 4.94. The summed E-state index contributed by atoms with van der Waals surface area (Å²) in [4.78, 5) is 29.2. The van der Waals surface area contributed by atoms with Gasteiger partial charge in [0.25, 0.3) is 5.91 Å². The molecule has 0 radical (unpaired) electrons. The van der Waals surface area contributed by atoms with Gasteiger partial charge in [-0.05, 0) is 36.8 Å². The molecule has 7 heteroatoms. The molecule has 0 bridgehead atoms. The molecule has 0 spiro atoms. The number of hydrogen-bond donors (Lipinski definition) is 1. The first-order valence-electron chi connectivity index (χ1n) is 7.60. The van der Waals surface area contributed by atoms with E-state index < -0.39 is 6.04 Å². The van der Waals surface area contributed by atoms with Crippen LogP contribution in [0.15, 0.2) is 48.8 Å². The molecule has 25 heavy (non-hydrogen) atoms. The van der Waals surface area contributed by atoms with Crippen molar-refractivity contribution in [2.24, 2.45) is 7.05 Å². The van der Waals surface area contributed by atoms with Gasteiger partial charge in [-0.25, -0.2) is 9.37 Å². The minimum absolute atomic E-state index is 0.0881. The summed E-state index contributed by atoms with van der Waals surface area (Å²) in [7, 11) is 1.81. The number of benzene rings is 1. The number of carbonyl (C=O) groups is 2. The molecule has 0 aliphatic carbocycles. The second-order valence-electron chi connectivity index (χ2n) is 5.58. The molecule has 3 rings (SSSR count). The summed E-state index contributed by atoms with van der Waals surface area (Å²) in [5, 5.41) is 2.88. The number of imidazole rings is 1. The number of ketones is 1. The molecule has 128 valence electrons. The van der Waals surface area contributed by atoms with Crippen LogP contribution in [0.5, 0.6) is 0 Å². The Morgan fingerprint density at radius 3 is 2.60 bits per heavy atom. The van der Waals surface area contributed by atoms with Gasteiger partial charge in [0.05, 0.1) is 9.75 Å². The quantitative estimate of drug-likeness (QED) is 0.712. The van der Waals surface area contributed by atoms with E-state index >= 15 is 0 Å². The number of halogens is 1. The van der Waals surface area contributed by atoms with Crippen molar-refractivity contribution in [3.63, 3.8) is 0 Å². The van der Waals surface area contributed by atoms with Crippen LogP contribution in [0.1, 0.15) is 43.7 Å². The molecule has 1 N–H and O–H groups in total. The van der Waals surface area contributed by atoms with Gasteiger partial charge in [0.15, 0.2) is 5.78 Å². The zero-order valence-electron chi connectivity index (χ0n) is 13.7. The molecule has 1 aromatic carbocycles. The van der Waals surface area contributed by atoms with E-state index in [-0.39, 0.29) is 17.5 Å². The fourth-order valence-electron chi connectivity index (χ4n) is 2.49. The Morgan fingerprint density at radius 1 is 1.24 bits per heavy atom. The average Bonchev–Trinajstić information content (AvgIpc) is 3.21. The van der Waals surface area contributed by atoms with Gasteiger partial charge in [0.2, 0.25) is 0 Å². The molecule has 1 atom stereocenters. The molecular weight excluding hydrogens is 341 g/mol. The molecule has 1 amide bonds. The Hall–Kier alpha value is -2.80. The highest BCUT2D eigenvalue weighted by Gasteiger charge is 2.23. The van der Waals surface area contributed by atoms with Gasteiger partial charge in [-0.15, -0.1) is 11.3 Å². The lowest BCUT2D eigenvalue weighted by molar-refractivity contribution is 0.0944. The number of hydrogen-bond acceptors (Lipinski definition) is 4. The lowest BCUT2D eigenvalue weighted by Gasteiger charge is -2.19. The Morgan fingerprint density at radius 2 is 2.00 bits per heavy atom. The van der Waals surface area contributed by atoms with Crippen molar-refractivity contribution in [2.75, 3.05) is 0 Å². The van der Waals surface area contributed by atoms with Crippen LogP contribution in [-0.4, -0.2) is 21.2 Å². The van der Waals surface area contributed by atoms with Crippen LogP contribution in [0.3, 0.4) is 0 Å². The third kappa shape index (κ3) is 3.66. The minimum Gasteiger partial charge on any atom is -0.337 e. The molecule has 5 nitrogen and oxygen atoms in total. The number of carbonyl (C=O) groups excluding carboxylic acids is 2. The van der Waals surface area contributed by atoms with E-state index in [4.69, 9.17) is 0 Å². The number of aryl methyl sites for hydroxylation is 1. The van der Waals surface area contributed by atoms with Gasteiger partial charge >= 0.3 is 0 Å². The number of amides is 1. The Kier molecular flexibility index (Phi) is 4.76. The summed E-state index contributed by atoms with van der Waals surface area (Å²) in [6, 6.07) is 8.67. The van der Waals surface area contributed by atoms with Crippen molar-refractivity contribution in [3.8, 4) is 0 Å². The molecule has 2 aromatic heterocycles. The molecule has 0 aliphatic rings. The fourth-order valence-corrected chi connectivity index (χ4v) is 3.29. The smallest absolute Gasteiger partial charge is 0.262 e. The summed E-state index contributed by atoms with van der Waals surface area (Å²) >= 11 is 1.13. The SMILES string of the molecule is CC(=O)c1ccc(C(=O)N[C@@H](c2cccc(F)c2)c2nccn2C)s1. The van der Waals surface area contributed by atoms with E-state index in [1.165, 1.54) is 19.1 Å². The molecular formula is C18H16FN3O2S. The summed E-state index contributed by atoms with van der Waals surface area (Å²) < 4.78 is 15.4. The van der Waals surface area contributed by atoms with Crippen LogP contribution in [0.25, 0.3) is 0 Å². The number of aromatic nitrogens is 2. The second kappa shape index (κ2) is 6.98. The van der Waals surface area contributed by atoms with Crippen LogP contribution in [-0.2, 0) is 7.05 Å². The second-order valence-corrected chi connectivity index (χ2v) is 6.66. The molecule has 2 heterocycles. The van der Waals surface area contributed by atoms with Gasteiger partial charge in [0.1, 0.15) is 17.7 Å². The van der Waals surface area contributed by atoms with Gasteiger partial charge in [-0.1, -0.05) is 12.1 Å². The first kappa shape index (κ1) is 17.0. The monoisotopic (exact) mass is 357 g/mol. The average molecular weight is 357 g/mol. The highest BCUT2D eigenvalue weighted by atomic mass is 32.1. The van der Waals surface area contributed by atoms with Gasteiger partial charge < -0.3 is 9.88 Å². The van der Waals surface area contributed by atoms with E-state index in [9.17, 15) is 14.0 Å². The molecule has 3 aromatic rings. The van der Waals surface area contributed by atoms with Crippen molar-refractivity contribution in [2.45, 2.75) is 13.0 Å². The first-order chi connectivity index (χ1) is 12.0. The van der Waals surface area contributed by atoms with Crippen LogP contribution in [0, 0.1) is 5.82 Å². The van der Waals surface area contributed by atoms with Crippen LogP contribution in [0.4, 0.5) is 4.39 Å². The number of thiophene rings is 1. The van der Waals surface area contributed by atoms with Crippen molar-refractivity contribution in [1.29, 1.82) is 0 Å². The highest BCUT2D eigenvalue weighted by molar-refractivity contribution is 7.15. The highest BCUT2D eigenvalue weighted by Crippen LogP contribution is 2.23.